The second-order valence-corrected chi connectivity index (χ2v) is 6.11. The minimum absolute atomic E-state index is 0.627. The molecule has 0 saturated heterocycles. The summed E-state index contributed by atoms with van der Waals surface area (Å²) in [6.07, 6.45) is 0. The number of carboxylic acids is 1. The van der Waals surface area contributed by atoms with Crippen molar-refractivity contribution in [2.45, 2.75) is 24.0 Å². The molecule has 7 heteroatoms. The fourth-order valence-electron chi connectivity index (χ4n) is 1.20. The molecule has 4 nitrogen and oxygen atoms in total. The summed E-state index contributed by atoms with van der Waals surface area (Å²) in [6.45, 7) is 2.64. The van der Waals surface area contributed by atoms with Gasteiger partial charge in [-0.25, -0.2) is 22.0 Å². The molecular formula is C10H10F2O4S. The first-order chi connectivity index (χ1) is 7.69. The molecule has 0 unspecified atom stereocenters. The first-order valence-electron chi connectivity index (χ1n) is 4.64. The van der Waals surface area contributed by atoms with E-state index in [1.807, 2.05) is 0 Å². The SMILES string of the molecule is CC(C)S(=O)(=O)c1ccc(F)c(C(=O)O)c1F. The van der Waals surface area contributed by atoms with E-state index in [2.05, 4.69) is 0 Å². The summed E-state index contributed by atoms with van der Waals surface area (Å²) < 4.78 is 50.1. The van der Waals surface area contributed by atoms with Crippen LogP contribution in [0.3, 0.4) is 0 Å². The van der Waals surface area contributed by atoms with Gasteiger partial charge in [-0.15, -0.1) is 0 Å². The van der Waals surface area contributed by atoms with Gasteiger partial charge in [0.1, 0.15) is 16.3 Å². The number of carboxylic acid groups (broad SMARTS) is 1. The number of hydrogen-bond acceptors (Lipinski definition) is 3. The summed E-state index contributed by atoms with van der Waals surface area (Å²) in [5, 5.41) is 7.67. The zero-order chi connectivity index (χ0) is 13.4. The largest absolute Gasteiger partial charge is 0.477 e. The van der Waals surface area contributed by atoms with Gasteiger partial charge in [0, 0.05) is 0 Å². The van der Waals surface area contributed by atoms with Gasteiger partial charge in [-0.2, -0.15) is 0 Å². The highest BCUT2D eigenvalue weighted by atomic mass is 32.2. The molecule has 0 bridgehead atoms. The van der Waals surface area contributed by atoms with E-state index in [4.69, 9.17) is 5.11 Å². The summed E-state index contributed by atoms with van der Waals surface area (Å²) in [7, 11) is -3.99. The van der Waals surface area contributed by atoms with Crippen molar-refractivity contribution in [3.8, 4) is 0 Å². The van der Waals surface area contributed by atoms with E-state index < -0.39 is 43.1 Å². The van der Waals surface area contributed by atoms with Crippen LogP contribution in [0.1, 0.15) is 24.2 Å². The van der Waals surface area contributed by atoms with Gasteiger partial charge < -0.3 is 5.11 Å². The minimum Gasteiger partial charge on any atom is -0.477 e. The summed E-state index contributed by atoms with van der Waals surface area (Å²) in [6, 6.07) is 1.36. The van der Waals surface area contributed by atoms with E-state index >= 15 is 0 Å². The van der Waals surface area contributed by atoms with Crippen LogP contribution in [0.2, 0.25) is 0 Å². The van der Waals surface area contributed by atoms with E-state index in [1.54, 1.807) is 0 Å². The third kappa shape index (κ3) is 2.28. The van der Waals surface area contributed by atoms with Gasteiger partial charge in [-0.1, -0.05) is 0 Å². The molecule has 1 N–H and O–H groups in total. The number of rotatable bonds is 3. The molecule has 17 heavy (non-hydrogen) atoms. The highest BCUT2D eigenvalue weighted by molar-refractivity contribution is 7.92. The second kappa shape index (κ2) is 4.40. The monoisotopic (exact) mass is 264 g/mol. The van der Waals surface area contributed by atoms with Crippen LogP contribution in [-0.2, 0) is 9.84 Å². The molecule has 0 saturated carbocycles. The van der Waals surface area contributed by atoms with Crippen LogP contribution in [0.25, 0.3) is 0 Å². The van der Waals surface area contributed by atoms with Gasteiger partial charge in [0.2, 0.25) is 0 Å². The van der Waals surface area contributed by atoms with E-state index in [0.29, 0.717) is 6.07 Å². The third-order valence-corrected chi connectivity index (χ3v) is 4.37. The Morgan fingerprint density at radius 2 is 1.82 bits per heavy atom. The maximum Gasteiger partial charge on any atom is 0.341 e. The van der Waals surface area contributed by atoms with Crippen molar-refractivity contribution in [2.24, 2.45) is 0 Å². The van der Waals surface area contributed by atoms with Gasteiger partial charge in [-0.3, -0.25) is 0 Å². The molecule has 0 heterocycles. The van der Waals surface area contributed by atoms with Gasteiger partial charge >= 0.3 is 5.97 Å². The first-order valence-corrected chi connectivity index (χ1v) is 6.19. The molecule has 0 amide bonds. The molecule has 0 aliphatic heterocycles. The molecule has 0 atom stereocenters. The molecule has 0 radical (unpaired) electrons. The zero-order valence-corrected chi connectivity index (χ0v) is 9.88. The molecule has 0 aromatic heterocycles. The number of hydrogen-bond donors (Lipinski definition) is 1. The average Bonchev–Trinajstić information content (AvgIpc) is 2.16. The molecule has 1 aromatic carbocycles. The average molecular weight is 264 g/mol. The van der Waals surface area contributed by atoms with Crippen molar-refractivity contribution in [1.29, 1.82) is 0 Å². The van der Waals surface area contributed by atoms with E-state index in [0.717, 1.165) is 6.07 Å². The van der Waals surface area contributed by atoms with Crippen LogP contribution in [0.4, 0.5) is 8.78 Å². The van der Waals surface area contributed by atoms with Crippen molar-refractivity contribution in [3.63, 3.8) is 0 Å². The molecule has 0 fully saturated rings. The molecular weight excluding hydrogens is 254 g/mol. The lowest BCUT2D eigenvalue weighted by Crippen LogP contribution is -2.18. The van der Waals surface area contributed by atoms with Crippen LogP contribution in [0, 0.1) is 11.6 Å². The molecule has 0 aliphatic rings. The Balaban J connectivity index is 3.61. The standard InChI is InChI=1S/C10H10F2O4S/c1-5(2)17(15,16)7-4-3-6(11)8(9(7)12)10(13)14/h3-5H,1-2H3,(H,13,14). The van der Waals surface area contributed by atoms with Gasteiger partial charge in [-0.05, 0) is 26.0 Å². The lowest BCUT2D eigenvalue weighted by atomic mass is 10.2. The lowest BCUT2D eigenvalue weighted by molar-refractivity contribution is 0.0685. The Bertz CT molecular complexity index is 564. The summed E-state index contributed by atoms with van der Waals surface area (Å²) >= 11 is 0. The smallest absolute Gasteiger partial charge is 0.341 e. The van der Waals surface area contributed by atoms with Crippen LogP contribution in [-0.4, -0.2) is 24.7 Å². The fourth-order valence-corrected chi connectivity index (χ4v) is 2.32. The maximum absolute atomic E-state index is 13.6. The van der Waals surface area contributed by atoms with Crippen molar-refractivity contribution in [1.82, 2.24) is 0 Å². The van der Waals surface area contributed by atoms with E-state index in [9.17, 15) is 22.0 Å². The van der Waals surface area contributed by atoms with Crippen LogP contribution in [0.5, 0.6) is 0 Å². The Labute approximate surface area is 96.8 Å². The highest BCUT2D eigenvalue weighted by Gasteiger charge is 2.28. The van der Waals surface area contributed by atoms with E-state index in [-0.39, 0.29) is 0 Å². The molecule has 1 rings (SSSR count). The Hall–Kier alpha value is -1.50. The van der Waals surface area contributed by atoms with Crippen LogP contribution < -0.4 is 0 Å². The molecule has 0 spiro atoms. The number of aromatic carboxylic acids is 1. The zero-order valence-electron chi connectivity index (χ0n) is 9.07. The Kier molecular flexibility index (Phi) is 3.51. The lowest BCUT2D eigenvalue weighted by Gasteiger charge is -2.10. The predicted octanol–water partition coefficient (Wildman–Crippen LogP) is 1.85. The summed E-state index contributed by atoms with van der Waals surface area (Å²) in [4.78, 5) is 9.82. The number of sulfone groups is 1. The Morgan fingerprint density at radius 1 is 1.29 bits per heavy atom. The maximum atomic E-state index is 13.6. The Morgan fingerprint density at radius 3 is 2.24 bits per heavy atom. The fraction of sp³-hybridized carbons (Fsp3) is 0.300. The summed E-state index contributed by atoms with van der Waals surface area (Å²) in [5.74, 6) is -4.72. The summed E-state index contributed by atoms with van der Waals surface area (Å²) in [5.41, 5.74) is -1.26. The van der Waals surface area contributed by atoms with Gasteiger partial charge in [0.25, 0.3) is 0 Å². The molecule has 94 valence electrons. The molecule has 1 aromatic rings. The molecule has 0 aliphatic carbocycles. The van der Waals surface area contributed by atoms with Crippen molar-refractivity contribution < 1.29 is 27.1 Å². The normalized spacial score (nSPS) is 11.8. The number of carbonyl (C=O) groups is 1. The number of benzene rings is 1. The van der Waals surface area contributed by atoms with Crippen LogP contribution in [0.15, 0.2) is 17.0 Å². The second-order valence-electron chi connectivity index (χ2n) is 3.63. The topological polar surface area (TPSA) is 71.4 Å². The van der Waals surface area contributed by atoms with E-state index in [1.165, 1.54) is 13.8 Å². The van der Waals surface area contributed by atoms with Crippen molar-refractivity contribution in [3.05, 3.63) is 29.3 Å². The highest BCUT2D eigenvalue weighted by Crippen LogP contribution is 2.24. The van der Waals surface area contributed by atoms with Gasteiger partial charge in [0.05, 0.1) is 5.25 Å². The van der Waals surface area contributed by atoms with Crippen LogP contribution >= 0.6 is 0 Å². The minimum atomic E-state index is -3.99. The third-order valence-electron chi connectivity index (χ3n) is 2.20. The van der Waals surface area contributed by atoms with Crippen molar-refractivity contribution >= 4 is 15.8 Å². The number of halogens is 2. The first kappa shape index (κ1) is 13.6. The predicted molar refractivity (Wildman–Crippen MR) is 55.6 cm³/mol. The van der Waals surface area contributed by atoms with Gasteiger partial charge in [0.15, 0.2) is 15.7 Å². The van der Waals surface area contributed by atoms with Crippen molar-refractivity contribution in [2.75, 3.05) is 0 Å². The quantitative estimate of drug-likeness (QED) is 0.846.